The molecule has 0 radical (unpaired) electrons. The fourth-order valence-electron chi connectivity index (χ4n) is 4.38. The number of carbonyl (C=O) groups is 1. The molecule has 1 atom stereocenters. The zero-order valence-electron chi connectivity index (χ0n) is 21.6. The number of benzene rings is 3. The van der Waals surface area contributed by atoms with Crippen LogP contribution in [0, 0.1) is 0 Å². The molecule has 0 fully saturated rings. The van der Waals surface area contributed by atoms with E-state index >= 15 is 0 Å². The van der Waals surface area contributed by atoms with E-state index in [1.807, 2.05) is 26.0 Å². The average molecular weight is 547 g/mol. The maximum atomic E-state index is 11.8. The van der Waals surface area contributed by atoms with Crippen molar-refractivity contribution in [2.24, 2.45) is 4.99 Å². The van der Waals surface area contributed by atoms with E-state index in [2.05, 4.69) is 86.4 Å². The lowest BCUT2D eigenvalue weighted by Gasteiger charge is -2.23. The van der Waals surface area contributed by atoms with Gasteiger partial charge in [-0.3, -0.25) is 4.99 Å². The molecule has 0 amide bonds. The van der Waals surface area contributed by atoms with Gasteiger partial charge in [0.25, 0.3) is 9.04 Å². The lowest BCUT2D eigenvalue weighted by atomic mass is 9.87. The van der Waals surface area contributed by atoms with Crippen LogP contribution in [0.1, 0.15) is 45.2 Å². The average Bonchev–Trinajstić information content (AvgIpc) is 3.43. The Morgan fingerprint density at radius 3 is 2.11 bits per heavy atom. The van der Waals surface area contributed by atoms with Gasteiger partial charge in [0.2, 0.25) is 0 Å². The van der Waals surface area contributed by atoms with Crippen LogP contribution >= 0.6 is 23.1 Å². The van der Waals surface area contributed by atoms with Crippen molar-refractivity contribution in [3.8, 4) is 5.75 Å². The SMILES string of the molecule is CC(C)(C)c1cc(O[SiH](c2ccccc2)c2ccccc2)c2nc(C3=NC(C(=O)O)C(C)(C)S3)sc2c1. The van der Waals surface area contributed by atoms with Crippen LogP contribution in [-0.2, 0) is 10.2 Å². The van der Waals surface area contributed by atoms with Crippen molar-refractivity contribution in [2.45, 2.75) is 50.8 Å². The normalized spacial score (nSPS) is 17.2. The highest BCUT2D eigenvalue weighted by Gasteiger charge is 2.43. The number of thioether (sulfide) groups is 1. The van der Waals surface area contributed by atoms with Crippen LogP contribution in [-0.4, -0.2) is 40.9 Å². The van der Waals surface area contributed by atoms with Crippen LogP contribution in [0.3, 0.4) is 0 Å². The van der Waals surface area contributed by atoms with Crippen LogP contribution in [0.4, 0.5) is 0 Å². The summed E-state index contributed by atoms with van der Waals surface area (Å²) in [7, 11) is -2.07. The van der Waals surface area contributed by atoms with Gasteiger partial charge in [0.1, 0.15) is 21.3 Å². The minimum atomic E-state index is -2.07. The summed E-state index contributed by atoms with van der Waals surface area (Å²) >= 11 is 3.03. The van der Waals surface area contributed by atoms with E-state index in [0.717, 1.165) is 21.0 Å². The van der Waals surface area contributed by atoms with E-state index in [-0.39, 0.29) is 5.41 Å². The quantitative estimate of drug-likeness (QED) is 0.335. The Labute approximate surface area is 227 Å². The molecule has 3 aromatic carbocycles. The summed E-state index contributed by atoms with van der Waals surface area (Å²) in [5.41, 5.74) is 1.89. The van der Waals surface area contributed by atoms with E-state index in [1.165, 1.54) is 27.7 Å². The number of thiazole rings is 1. The van der Waals surface area contributed by atoms with E-state index in [0.29, 0.717) is 5.04 Å². The maximum absolute atomic E-state index is 11.8. The molecular weight excluding hydrogens is 517 g/mol. The van der Waals surface area contributed by atoms with Gasteiger partial charge in [0.15, 0.2) is 6.04 Å². The van der Waals surface area contributed by atoms with Crippen LogP contribution in [0.2, 0.25) is 0 Å². The number of carboxylic acids is 1. The Morgan fingerprint density at radius 2 is 1.59 bits per heavy atom. The Hall–Kier alpha value is -2.94. The van der Waals surface area contributed by atoms with E-state index in [4.69, 9.17) is 9.41 Å². The molecule has 37 heavy (non-hydrogen) atoms. The van der Waals surface area contributed by atoms with Gasteiger partial charge in [-0.05, 0) is 47.3 Å². The molecule has 2 heterocycles. The molecule has 4 aromatic rings. The monoisotopic (exact) mass is 546 g/mol. The first kappa shape index (κ1) is 25.7. The number of carboxylic acid groups (broad SMARTS) is 1. The predicted octanol–water partition coefficient (Wildman–Crippen LogP) is 5.24. The number of hydrogen-bond acceptors (Lipinski definition) is 6. The Balaban J connectivity index is 1.64. The van der Waals surface area contributed by atoms with Crippen LogP contribution in [0.25, 0.3) is 10.2 Å². The van der Waals surface area contributed by atoms with Gasteiger partial charge in [0, 0.05) is 4.75 Å². The zero-order chi connectivity index (χ0) is 26.4. The van der Waals surface area contributed by atoms with E-state index in [9.17, 15) is 9.90 Å². The molecule has 0 bridgehead atoms. The van der Waals surface area contributed by atoms with Crippen molar-refractivity contribution in [3.63, 3.8) is 0 Å². The van der Waals surface area contributed by atoms with Gasteiger partial charge >= 0.3 is 5.97 Å². The first-order valence-corrected chi connectivity index (χ1v) is 15.5. The fraction of sp³-hybridized carbons (Fsp3) is 0.276. The summed E-state index contributed by atoms with van der Waals surface area (Å²) < 4.78 is 7.44. The minimum absolute atomic E-state index is 0.0803. The molecule has 5 rings (SSSR count). The summed E-state index contributed by atoms with van der Waals surface area (Å²) in [6.07, 6.45) is 0. The third-order valence-corrected chi connectivity index (χ3v) is 11.3. The minimum Gasteiger partial charge on any atom is -0.536 e. The van der Waals surface area contributed by atoms with Crippen molar-refractivity contribution < 1.29 is 14.3 Å². The van der Waals surface area contributed by atoms with Crippen LogP contribution in [0.15, 0.2) is 77.8 Å². The molecule has 190 valence electrons. The fourth-order valence-corrected chi connectivity index (χ4v) is 8.83. The number of aliphatic carboxylic acids is 1. The first-order chi connectivity index (χ1) is 17.5. The Kier molecular flexibility index (Phi) is 6.76. The van der Waals surface area contributed by atoms with Crippen molar-refractivity contribution >= 4 is 63.7 Å². The molecule has 1 aromatic heterocycles. The molecule has 1 unspecified atom stereocenters. The number of aliphatic imine (C=N–C) groups is 1. The standard InChI is InChI=1S/C29H30N2O3S2Si/c1-28(2,3)18-16-21(34-37(19-12-8-6-9-13-19)20-14-10-7-11-15-20)23-22(17-18)35-25(30-23)26-31-24(27(32)33)29(4,5)36-26/h6-17,24,37H,1-5H3,(H,32,33). The summed E-state index contributed by atoms with van der Waals surface area (Å²) in [5, 5.41) is 13.5. The van der Waals surface area contributed by atoms with Gasteiger partial charge in [0.05, 0.1) is 4.70 Å². The number of hydrogen-bond donors (Lipinski definition) is 1. The van der Waals surface area contributed by atoms with Gasteiger partial charge < -0.3 is 9.53 Å². The first-order valence-electron chi connectivity index (χ1n) is 12.2. The molecule has 0 spiro atoms. The van der Waals surface area contributed by atoms with Gasteiger partial charge in [-0.25, -0.2) is 9.78 Å². The topological polar surface area (TPSA) is 71.8 Å². The number of aromatic nitrogens is 1. The molecule has 0 saturated heterocycles. The molecule has 1 aliphatic rings. The molecule has 0 aliphatic carbocycles. The molecule has 1 aliphatic heterocycles. The second-order valence-corrected chi connectivity index (χ2v) is 15.8. The largest absolute Gasteiger partial charge is 0.536 e. The molecule has 0 saturated carbocycles. The highest BCUT2D eigenvalue weighted by molar-refractivity contribution is 8.16. The summed E-state index contributed by atoms with van der Waals surface area (Å²) in [4.78, 5) is 21.4. The van der Waals surface area contributed by atoms with Crippen molar-refractivity contribution in [2.75, 3.05) is 0 Å². The Morgan fingerprint density at radius 1 is 1.00 bits per heavy atom. The van der Waals surface area contributed by atoms with E-state index in [1.54, 1.807) is 11.3 Å². The molecular formula is C29H30N2O3S2Si. The zero-order valence-corrected chi connectivity index (χ0v) is 24.3. The van der Waals surface area contributed by atoms with Crippen LogP contribution in [0.5, 0.6) is 5.75 Å². The molecule has 8 heteroatoms. The Bertz CT molecular complexity index is 1440. The summed E-state index contributed by atoms with van der Waals surface area (Å²) in [6.45, 7) is 10.4. The van der Waals surface area contributed by atoms with Crippen molar-refractivity contribution in [1.82, 2.24) is 4.98 Å². The number of rotatable bonds is 6. The summed E-state index contributed by atoms with van der Waals surface area (Å²) in [5.74, 6) is -0.140. The van der Waals surface area contributed by atoms with Crippen LogP contribution < -0.4 is 14.8 Å². The van der Waals surface area contributed by atoms with Crippen molar-refractivity contribution in [1.29, 1.82) is 0 Å². The third-order valence-electron chi connectivity index (χ3n) is 6.46. The number of fused-ring (bicyclic) bond motifs is 1. The predicted molar refractivity (Wildman–Crippen MR) is 158 cm³/mol. The maximum Gasteiger partial charge on any atom is 0.329 e. The molecule has 1 N–H and O–H groups in total. The summed E-state index contributed by atoms with van der Waals surface area (Å²) in [6, 6.07) is 24.3. The van der Waals surface area contributed by atoms with Gasteiger partial charge in [-0.2, -0.15) is 0 Å². The van der Waals surface area contributed by atoms with Gasteiger partial charge in [-0.15, -0.1) is 11.3 Å². The number of nitrogens with zero attached hydrogens (tertiary/aromatic N) is 2. The second-order valence-electron chi connectivity index (χ2n) is 10.8. The third kappa shape index (κ3) is 5.23. The lowest BCUT2D eigenvalue weighted by molar-refractivity contribution is -0.138. The van der Waals surface area contributed by atoms with Gasteiger partial charge in [-0.1, -0.05) is 93.2 Å². The lowest BCUT2D eigenvalue weighted by Crippen LogP contribution is -2.47. The highest BCUT2D eigenvalue weighted by atomic mass is 32.2. The highest BCUT2D eigenvalue weighted by Crippen LogP contribution is 2.43. The smallest absolute Gasteiger partial charge is 0.329 e. The molecule has 5 nitrogen and oxygen atoms in total. The van der Waals surface area contributed by atoms with Crippen molar-refractivity contribution in [3.05, 3.63) is 83.4 Å². The second kappa shape index (κ2) is 9.74. The van der Waals surface area contributed by atoms with E-state index < -0.39 is 25.8 Å².